The summed E-state index contributed by atoms with van der Waals surface area (Å²) in [5, 5.41) is 5.63. The molecule has 0 spiro atoms. The zero-order valence-electron chi connectivity index (χ0n) is 10.6. The summed E-state index contributed by atoms with van der Waals surface area (Å²) >= 11 is 0. The van der Waals surface area contributed by atoms with E-state index in [1.807, 2.05) is 20.8 Å². The molecule has 1 saturated carbocycles. The van der Waals surface area contributed by atoms with Gasteiger partial charge in [0.2, 0.25) is 0 Å². The molecule has 0 atom stereocenters. The summed E-state index contributed by atoms with van der Waals surface area (Å²) in [6.45, 7) is 7.07. The van der Waals surface area contributed by atoms with Crippen LogP contribution in [0.1, 0.15) is 46.5 Å². The molecule has 0 aromatic rings. The van der Waals surface area contributed by atoms with Gasteiger partial charge in [0.1, 0.15) is 0 Å². The number of urea groups is 1. The lowest BCUT2D eigenvalue weighted by atomic mass is 10.1. The van der Waals surface area contributed by atoms with Crippen molar-refractivity contribution in [2.45, 2.75) is 58.1 Å². The summed E-state index contributed by atoms with van der Waals surface area (Å²) in [4.78, 5) is 11.4. The highest BCUT2D eigenvalue weighted by atomic mass is 16.5. The van der Waals surface area contributed by atoms with Gasteiger partial charge in [-0.3, -0.25) is 0 Å². The van der Waals surface area contributed by atoms with E-state index in [2.05, 4.69) is 10.6 Å². The van der Waals surface area contributed by atoms with Gasteiger partial charge in [-0.25, -0.2) is 4.79 Å². The van der Waals surface area contributed by atoms with E-state index < -0.39 is 0 Å². The van der Waals surface area contributed by atoms with Crippen LogP contribution in [-0.4, -0.2) is 30.8 Å². The highest BCUT2D eigenvalue weighted by Crippen LogP contribution is 2.20. The average Bonchev–Trinajstić information content (AvgIpc) is 2.62. The molecule has 0 saturated heterocycles. The van der Waals surface area contributed by atoms with Gasteiger partial charge in [0.05, 0.1) is 12.7 Å². The van der Waals surface area contributed by atoms with Crippen LogP contribution in [0.5, 0.6) is 0 Å². The molecule has 1 rings (SSSR count). The van der Waals surface area contributed by atoms with E-state index in [4.69, 9.17) is 4.74 Å². The zero-order valence-corrected chi connectivity index (χ0v) is 10.6. The molecule has 1 aliphatic rings. The Morgan fingerprint density at radius 3 is 2.50 bits per heavy atom. The first-order valence-corrected chi connectivity index (χ1v) is 6.15. The molecule has 1 fully saturated rings. The Balaban J connectivity index is 2.00. The maximum Gasteiger partial charge on any atom is 0.315 e. The second kappa shape index (κ2) is 6.09. The predicted octanol–water partition coefficient (Wildman–Crippen LogP) is 2.04. The fraction of sp³-hybridized carbons (Fsp3) is 0.917. The van der Waals surface area contributed by atoms with E-state index in [0.29, 0.717) is 19.3 Å². The van der Waals surface area contributed by atoms with E-state index >= 15 is 0 Å². The Morgan fingerprint density at radius 2 is 1.94 bits per heavy atom. The number of hydrogen-bond donors (Lipinski definition) is 2. The highest BCUT2D eigenvalue weighted by molar-refractivity contribution is 5.74. The van der Waals surface area contributed by atoms with Gasteiger partial charge in [-0.15, -0.1) is 0 Å². The van der Waals surface area contributed by atoms with Gasteiger partial charge >= 0.3 is 6.03 Å². The Hall–Kier alpha value is -0.770. The summed E-state index contributed by atoms with van der Waals surface area (Å²) in [6, 6.07) is -0.123. The molecular formula is C12H24N2O2. The van der Waals surface area contributed by atoms with Crippen molar-refractivity contribution in [3.63, 3.8) is 0 Å². The van der Waals surface area contributed by atoms with Crippen molar-refractivity contribution in [2.24, 2.45) is 0 Å². The van der Waals surface area contributed by atoms with E-state index in [0.717, 1.165) is 0 Å². The number of amides is 2. The fourth-order valence-electron chi connectivity index (χ4n) is 1.83. The Labute approximate surface area is 98.1 Å². The molecule has 0 heterocycles. The van der Waals surface area contributed by atoms with Crippen molar-refractivity contribution >= 4 is 6.03 Å². The number of rotatable bonds is 4. The number of hydrogen-bond acceptors (Lipinski definition) is 2. The van der Waals surface area contributed by atoms with Crippen LogP contribution in [0.2, 0.25) is 0 Å². The minimum atomic E-state index is -0.184. The molecule has 0 aromatic carbocycles. The SMILES string of the molecule is CC(C)(C)NC(=O)NCCOC1CCCC1. The van der Waals surface area contributed by atoms with Crippen LogP contribution < -0.4 is 10.6 Å². The van der Waals surface area contributed by atoms with Crippen molar-refractivity contribution in [3.8, 4) is 0 Å². The predicted molar refractivity (Wildman–Crippen MR) is 64.5 cm³/mol. The quantitative estimate of drug-likeness (QED) is 0.723. The first-order valence-electron chi connectivity index (χ1n) is 6.15. The van der Waals surface area contributed by atoms with Crippen molar-refractivity contribution in [2.75, 3.05) is 13.2 Å². The second-order valence-corrected chi connectivity index (χ2v) is 5.41. The van der Waals surface area contributed by atoms with E-state index in [1.165, 1.54) is 25.7 Å². The third-order valence-corrected chi connectivity index (χ3v) is 2.53. The molecule has 4 heteroatoms. The van der Waals surface area contributed by atoms with Crippen molar-refractivity contribution in [1.29, 1.82) is 0 Å². The highest BCUT2D eigenvalue weighted by Gasteiger charge is 2.15. The monoisotopic (exact) mass is 228 g/mol. The lowest BCUT2D eigenvalue weighted by Crippen LogP contribution is -2.47. The van der Waals surface area contributed by atoms with Crippen LogP contribution in [-0.2, 0) is 4.74 Å². The molecule has 16 heavy (non-hydrogen) atoms. The molecular weight excluding hydrogens is 204 g/mol. The summed E-state index contributed by atoms with van der Waals surface area (Å²) in [5.41, 5.74) is -0.184. The largest absolute Gasteiger partial charge is 0.376 e. The molecule has 1 aliphatic carbocycles. The lowest BCUT2D eigenvalue weighted by Gasteiger charge is -2.21. The van der Waals surface area contributed by atoms with Gasteiger partial charge in [0.15, 0.2) is 0 Å². The summed E-state index contributed by atoms with van der Waals surface area (Å²) in [7, 11) is 0. The van der Waals surface area contributed by atoms with Gasteiger partial charge < -0.3 is 15.4 Å². The van der Waals surface area contributed by atoms with Crippen LogP contribution >= 0.6 is 0 Å². The third kappa shape index (κ3) is 5.95. The Bertz CT molecular complexity index is 218. The topological polar surface area (TPSA) is 50.4 Å². The van der Waals surface area contributed by atoms with Crippen LogP contribution in [0.25, 0.3) is 0 Å². The average molecular weight is 228 g/mol. The van der Waals surface area contributed by atoms with Crippen LogP contribution in [0.4, 0.5) is 4.79 Å². The third-order valence-electron chi connectivity index (χ3n) is 2.53. The first-order chi connectivity index (χ1) is 7.47. The van der Waals surface area contributed by atoms with E-state index in [1.54, 1.807) is 0 Å². The van der Waals surface area contributed by atoms with Gasteiger partial charge in [-0.2, -0.15) is 0 Å². The van der Waals surface area contributed by atoms with Crippen molar-refractivity contribution in [1.82, 2.24) is 10.6 Å². The molecule has 0 radical (unpaired) electrons. The van der Waals surface area contributed by atoms with Crippen LogP contribution in [0.15, 0.2) is 0 Å². The molecule has 2 amide bonds. The molecule has 94 valence electrons. The van der Waals surface area contributed by atoms with E-state index in [-0.39, 0.29) is 11.6 Å². The first kappa shape index (κ1) is 13.3. The maximum absolute atomic E-state index is 11.4. The van der Waals surface area contributed by atoms with Gasteiger partial charge in [-0.1, -0.05) is 12.8 Å². The Kier molecular flexibility index (Phi) is 5.06. The number of ether oxygens (including phenoxy) is 1. The van der Waals surface area contributed by atoms with Crippen LogP contribution in [0, 0.1) is 0 Å². The molecule has 2 N–H and O–H groups in total. The van der Waals surface area contributed by atoms with Gasteiger partial charge in [0.25, 0.3) is 0 Å². The smallest absolute Gasteiger partial charge is 0.315 e. The van der Waals surface area contributed by atoms with E-state index in [9.17, 15) is 4.79 Å². The maximum atomic E-state index is 11.4. The zero-order chi connectivity index (χ0) is 12.0. The molecule has 0 aromatic heterocycles. The molecule has 4 nitrogen and oxygen atoms in total. The summed E-state index contributed by atoms with van der Waals surface area (Å²) < 4.78 is 5.64. The fourth-order valence-corrected chi connectivity index (χ4v) is 1.83. The summed E-state index contributed by atoms with van der Waals surface area (Å²) in [6.07, 6.45) is 5.33. The lowest BCUT2D eigenvalue weighted by molar-refractivity contribution is 0.0612. The standard InChI is InChI=1S/C12H24N2O2/c1-12(2,3)14-11(15)13-8-9-16-10-6-4-5-7-10/h10H,4-9H2,1-3H3,(H2,13,14,15). The second-order valence-electron chi connectivity index (χ2n) is 5.41. The molecule has 0 unspecified atom stereocenters. The molecule has 0 aliphatic heterocycles. The van der Waals surface area contributed by atoms with Crippen LogP contribution in [0.3, 0.4) is 0 Å². The minimum Gasteiger partial charge on any atom is -0.376 e. The number of carbonyl (C=O) groups is 1. The minimum absolute atomic E-state index is 0.123. The number of carbonyl (C=O) groups excluding carboxylic acids is 1. The Morgan fingerprint density at radius 1 is 1.31 bits per heavy atom. The van der Waals surface area contributed by atoms with Gasteiger partial charge in [0, 0.05) is 12.1 Å². The normalized spacial score (nSPS) is 17.4. The van der Waals surface area contributed by atoms with Gasteiger partial charge in [-0.05, 0) is 33.6 Å². The van der Waals surface area contributed by atoms with Crippen molar-refractivity contribution in [3.05, 3.63) is 0 Å². The summed E-state index contributed by atoms with van der Waals surface area (Å²) in [5.74, 6) is 0. The molecule has 0 bridgehead atoms. The van der Waals surface area contributed by atoms with Crippen molar-refractivity contribution < 1.29 is 9.53 Å². The number of nitrogens with one attached hydrogen (secondary N) is 2.